The van der Waals surface area contributed by atoms with Crippen LogP contribution in [0, 0.1) is 0 Å². The third-order valence-corrected chi connectivity index (χ3v) is 3.84. The van der Waals surface area contributed by atoms with Crippen molar-refractivity contribution in [3.05, 3.63) is 77.4 Å². The molecule has 0 saturated carbocycles. The second kappa shape index (κ2) is 7.55. The molecule has 0 unspecified atom stereocenters. The van der Waals surface area contributed by atoms with Crippen LogP contribution in [0.4, 0.5) is 17.3 Å². The van der Waals surface area contributed by atoms with Crippen molar-refractivity contribution in [1.29, 1.82) is 0 Å². The van der Waals surface area contributed by atoms with Crippen molar-refractivity contribution in [3.8, 4) is 5.75 Å². The van der Waals surface area contributed by atoms with E-state index >= 15 is 0 Å². The molecule has 1 aromatic heterocycles. The summed E-state index contributed by atoms with van der Waals surface area (Å²) in [6.45, 7) is 0.524. The Labute approximate surface area is 146 Å². The molecule has 6 nitrogen and oxygen atoms in total. The van der Waals surface area contributed by atoms with Crippen molar-refractivity contribution >= 4 is 17.3 Å². The number of hydrogen-bond donors (Lipinski definition) is 4. The lowest BCUT2D eigenvalue weighted by Crippen LogP contribution is -2.13. The predicted molar refractivity (Wildman–Crippen MR) is 101 cm³/mol. The highest BCUT2D eigenvalue weighted by atomic mass is 16.5. The van der Waals surface area contributed by atoms with E-state index in [0.29, 0.717) is 30.4 Å². The summed E-state index contributed by atoms with van der Waals surface area (Å²) in [5.74, 6) is 6.99. The molecule has 7 N–H and O–H groups in total. The first-order valence-corrected chi connectivity index (χ1v) is 7.93. The van der Waals surface area contributed by atoms with Crippen molar-refractivity contribution in [2.45, 2.75) is 13.0 Å². The smallest absolute Gasteiger partial charge is 0.165 e. The quantitative estimate of drug-likeness (QED) is 0.407. The van der Waals surface area contributed by atoms with Crippen LogP contribution >= 0.6 is 0 Å². The van der Waals surface area contributed by atoms with E-state index < -0.39 is 0 Å². The van der Waals surface area contributed by atoms with E-state index in [0.717, 1.165) is 22.4 Å². The van der Waals surface area contributed by atoms with Crippen LogP contribution in [0.15, 0.2) is 60.7 Å². The van der Waals surface area contributed by atoms with E-state index in [2.05, 4.69) is 10.4 Å². The van der Waals surface area contributed by atoms with Crippen LogP contribution in [0.25, 0.3) is 0 Å². The van der Waals surface area contributed by atoms with E-state index in [1.165, 1.54) is 0 Å². The molecule has 0 bridgehead atoms. The van der Waals surface area contributed by atoms with Crippen LogP contribution in [-0.2, 0) is 13.0 Å². The first-order chi connectivity index (χ1) is 12.2. The van der Waals surface area contributed by atoms with Gasteiger partial charge in [0.2, 0.25) is 0 Å². The molecule has 0 aliphatic heterocycles. The summed E-state index contributed by atoms with van der Waals surface area (Å²) in [5.41, 5.74) is 17.9. The lowest BCUT2D eigenvalue weighted by molar-refractivity contribution is 0.306. The Balaban J connectivity index is 1.75. The lowest BCUT2D eigenvalue weighted by atomic mass is 10.0. The van der Waals surface area contributed by atoms with Gasteiger partial charge in [0.25, 0.3) is 0 Å². The molecule has 0 saturated heterocycles. The molecule has 1 heterocycles. The van der Waals surface area contributed by atoms with Crippen LogP contribution < -0.4 is 27.5 Å². The van der Waals surface area contributed by atoms with Gasteiger partial charge in [-0.2, -0.15) is 0 Å². The van der Waals surface area contributed by atoms with Gasteiger partial charge in [-0.05, 0) is 41.3 Å². The highest BCUT2D eigenvalue weighted by Crippen LogP contribution is 2.26. The first-order valence-electron chi connectivity index (χ1n) is 7.93. The fourth-order valence-corrected chi connectivity index (χ4v) is 2.59. The number of nitrogens with one attached hydrogen (secondary N) is 1. The topological polar surface area (TPSA) is 112 Å². The molecule has 3 rings (SSSR count). The summed E-state index contributed by atoms with van der Waals surface area (Å²) < 4.78 is 5.87. The minimum absolute atomic E-state index is 0.369. The zero-order chi connectivity index (χ0) is 17.6. The molecule has 0 amide bonds. The van der Waals surface area contributed by atoms with Crippen LogP contribution in [0.1, 0.15) is 16.7 Å². The molecule has 3 aromatic rings. The minimum atomic E-state index is 0.369. The Morgan fingerprint density at radius 1 is 0.920 bits per heavy atom. The highest BCUT2D eigenvalue weighted by molar-refractivity contribution is 5.68. The van der Waals surface area contributed by atoms with Gasteiger partial charge in [0.05, 0.1) is 5.69 Å². The summed E-state index contributed by atoms with van der Waals surface area (Å²) in [5, 5.41) is 0. The van der Waals surface area contributed by atoms with E-state index in [1.807, 2.05) is 54.6 Å². The second-order valence-electron chi connectivity index (χ2n) is 5.71. The summed E-state index contributed by atoms with van der Waals surface area (Å²) >= 11 is 0. The van der Waals surface area contributed by atoms with Gasteiger partial charge >= 0.3 is 0 Å². The van der Waals surface area contributed by atoms with Crippen molar-refractivity contribution in [1.82, 2.24) is 4.98 Å². The zero-order valence-corrected chi connectivity index (χ0v) is 13.8. The number of aromatic nitrogens is 1. The van der Waals surface area contributed by atoms with Gasteiger partial charge in [0.15, 0.2) is 5.82 Å². The number of nitrogens with zero attached hydrogens (tertiary/aromatic N) is 1. The van der Waals surface area contributed by atoms with E-state index in [4.69, 9.17) is 22.0 Å². The maximum atomic E-state index is 6.09. The zero-order valence-electron chi connectivity index (χ0n) is 13.8. The molecule has 0 spiro atoms. The summed E-state index contributed by atoms with van der Waals surface area (Å²) in [4.78, 5) is 4.07. The molecule has 0 fully saturated rings. The van der Waals surface area contributed by atoms with Crippen LogP contribution in [0.3, 0.4) is 0 Å². The second-order valence-corrected chi connectivity index (χ2v) is 5.71. The molecular formula is C19H21N5O. The minimum Gasteiger partial charge on any atom is -0.489 e. The van der Waals surface area contributed by atoms with Gasteiger partial charge in [0, 0.05) is 0 Å². The number of nitrogen functional groups attached to an aromatic ring is 3. The number of hydrogen-bond acceptors (Lipinski definition) is 6. The van der Waals surface area contributed by atoms with Gasteiger partial charge < -0.3 is 21.6 Å². The fraction of sp³-hybridized carbons (Fsp3) is 0.105. The Hall–Kier alpha value is -3.25. The molecule has 0 aliphatic carbocycles. The molecular weight excluding hydrogens is 314 g/mol. The molecule has 25 heavy (non-hydrogen) atoms. The third kappa shape index (κ3) is 4.19. The fourth-order valence-electron chi connectivity index (χ4n) is 2.59. The number of pyridine rings is 1. The molecule has 128 valence electrons. The van der Waals surface area contributed by atoms with Crippen LogP contribution in [0.5, 0.6) is 5.75 Å². The van der Waals surface area contributed by atoms with E-state index in [9.17, 15) is 0 Å². The van der Waals surface area contributed by atoms with E-state index in [1.54, 1.807) is 6.07 Å². The van der Waals surface area contributed by atoms with Crippen molar-refractivity contribution < 1.29 is 4.74 Å². The van der Waals surface area contributed by atoms with Crippen LogP contribution in [0.2, 0.25) is 0 Å². The van der Waals surface area contributed by atoms with E-state index in [-0.39, 0.29) is 0 Å². The summed E-state index contributed by atoms with van der Waals surface area (Å²) in [6.07, 6.45) is 0.607. The largest absolute Gasteiger partial charge is 0.489 e. The molecule has 6 heteroatoms. The van der Waals surface area contributed by atoms with Crippen molar-refractivity contribution in [2.75, 3.05) is 16.9 Å². The Morgan fingerprint density at radius 3 is 2.44 bits per heavy atom. The predicted octanol–water partition coefficient (Wildman–Crippen LogP) is 2.70. The Kier molecular flexibility index (Phi) is 5.01. The van der Waals surface area contributed by atoms with Gasteiger partial charge in [-0.25, -0.2) is 10.8 Å². The number of ether oxygens (including phenoxy) is 1. The third-order valence-electron chi connectivity index (χ3n) is 3.84. The average molecular weight is 335 g/mol. The molecule has 0 aliphatic rings. The molecule has 0 radical (unpaired) electrons. The maximum absolute atomic E-state index is 6.09. The van der Waals surface area contributed by atoms with Crippen molar-refractivity contribution in [3.63, 3.8) is 0 Å². The average Bonchev–Trinajstić information content (AvgIpc) is 2.64. The highest BCUT2D eigenvalue weighted by Gasteiger charge is 2.09. The van der Waals surface area contributed by atoms with Gasteiger partial charge in [-0.1, -0.05) is 42.5 Å². The number of nitrogens with two attached hydrogens (primary N) is 3. The number of hydrazine groups is 1. The van der Waals surface area contributed by atoms with Gasteiger partial charge in [0.1, 0.15) is 18.2 Å². The standard InChI is InChI=1S/C19H21N5O/c20-17-11-15(18(21)19(23-17)24-22)9-14-7-4-8-16(10-14)25-12-13-5-2-1-3-6-13/h1-8,10-11H,9,12,21-22H2,(H3,20,23,24). The van der Waals surface area contributed by atoms with Crippen LogP contribution in [-0.4, -0.2) is 4.98 Å². The number of anilines is 3. The summed E-state index contributed by atoms with van der Waals surface area (Å²) in [7, 11) is 0. The van der Waals surface area contributed by atoms with Gasteiger partial charge in [-0.3, -0.25) is 0 Å². The lowest BCUT2D eigenvalue weighted by Gasteiger charge is -2.12. The SMILES string of the molecule is NNc1nc(N)cc(Cc2cccc(OCc3ccccc3)c2)c1N. The first kappa shape index (κ1) is 16.6. The summed E-state index contributed by atoms with van der Waals surface area (Å²) in [6, 6.07) is 19.7. The van der Waals surface area contributed by atoms with Gasteiger partial charge in [-0.15, -0.1) is 0 Å². The number of rotatable bonds is 6. The maximum Gasteiger partial charge on any atom is 0.165 e. The molecule has 0 atom stereocenters. The number of benzene rings is 2. The molecule has 2 aromatic carbocycles. The van der Waals surface area contributed by atoms with Crippen molar-refractivity contribution in [2.24, 2.45) is 5.84 Å². The monoisotopic (exact) mass is 335 g/mol. The normalized spacial score (nSPS) is 10.4. The Morgan fingerprint density at radius 2 is 1.68 bits per heavy atom. The Bertz CT molecular complexity index is 852.